The van der Waals surface area contributed by atoms with E-state index in [4.69, 9.17) is 0 Å². The van der Waals surface area contributed by atoms with E-state index in [-0.39, 0.29) is 5.69 Å². The van der Waals surface area contributed by atoms with Crippen LogP contribution in [0.25, 0.3) is 11.3 Å². The third kappa shape index (κ3) is 3.01. The number of aryl methyl sites for hydroxylation is 1. The summed E-state index contributed by atoms with van der Waals surface area (Å²) < 4.78 is 37.6. The van der Waals surface area contributed by atoms with Crippen LogP contribution in [0.4, 0.5) is 13.2 Å². The predicted molar refractivity (Wildman–Crippen MR) is 64.7 cm³/mol. The fourth-order valence-electron chi connectivity index (χ4n) is 1.65. The number of halogens is 3. The van der Waals surface area contributed by atoms with Gasteiger partial charge >= 0.3 is 6.18 Å². The summed E-state index contributed by atoms with van der Waals surface area (Å²) in [5.41, 5.74) is 0.731. The van der Waals surface area contributed by atoms with Crippen LogP contribution in [0, 0.1) is 0 Å². The molecule has 6 heteroatoms. The molecule has 0 aliphatic carbocycles. The minimum Gasteiger partial charge on any atom is -0.303 e. The summed E-state index contributed by atoms with van der Waals surface area (Å²) in [6.07, 6.45) is -3.84. The SMILES string of the molecule is CCc1ccc(-c2cc(=O)[nH]c(C(F)(F)F)n2)cc1. The number of benzene rings is 1. The van der Waals surface area contributed by atoms with Crippen LogP contribution in [-0.4, -0.2) is 9.97 Å². The second-order valence-electron chi connectivity index (χ2n) is 4.03. The predicted octanol–water partition coefficient (Wildman–Crippen LogP) is 3.02. The molecule has 0 saturated heterocycles. The molecule has 0 amide bonds. The zero-order valence-electron chi connectivity index (χ0n) is 10.1. The van der Waals surface area contributed by atoms with E-state index in [9.17, 15) is 18.0 Å². The minimum atomic E-state index is -4.67. The second-order valence-corrected chi connectivity index (χ2v) is 4.03. The molecule has 0 aliphatic rings. The Morgan fingerprint density at radius 3 is 2.37 bits per heavy atom. The van der Waals surface area contributed by atoms with Gasteiger partial charge in [0.1, 0.15) is 0 Å². The van der Waals surface area contributed by atoms with Gasteiger partial charge in [0.2, 0.25) is 5.82 Å². The molecule has 0 fully saturated rings. The van der Waals surface area contributed by atoms with E-state index in [1.807, 2.05) is 6.92 Å². The van der Waals surface area contributed by atoms with Crippen molar-refractivity contribution in [1.29, 1.82) is 0 Å². The lowest BCUT2D eigenvalue weighted by molar-refractivity contribution is -0.145. The van der Waals surface area contributed by atoms with Crippen molar-refractivity contribution in [3.63, 3.8) is 0 Å². The Kier molecular flexibility index (Phi) is 3.42. The highest BCUT2D eigenvalue weighted by atomic mass is 19.4. The van der Waals surface area contributed by atoms with Crippen LogP contribution >= 0.6 is 0 Å². The zero-order valence-corrected chi connectivity index (χ0v) is 10.1. The Morgan fingerprint density at radius 2 is 1.84 bits per heavy atom. The second kappa shape index (κ2) is 4.87. The van der Waals surface area contributed by atoms with Crippen molar-refractivity contribution in [1.82, 2.24) is 9.97 Å². The quantitative estimate of drug-likeness (QED) is 0.910. The van der Waals surface area contributed by atoms with E-state index in [0.29, 0.717) is 5.56 Å². The molecule has 0 saturated carbocycles. The fourth-order valence-corrected chi connectivity index (χ4v) is 1.65. The Bertz CT molecular complexity index is 630. The molecular weight excluding hydrogens is 257 g/mol. The van der Waals surface area contributed by atoms with Crippen LogP contribution in [0.3, 0.4) is 0 Å². The number of alkyl halides is 3. The number of H-pyrrole nitrogens is 1. The Morgan fingerprint density at radius 1 is 1.21 bits per heavy atom. The van der Waals surface area contributed by atoms with Crippen molar-refractivity contribution >= 4 is 0 Å². The molecule has 1 N–H and O–H groups in total. The van der Waals surface area contributed by atoms with Crippen molar-refractivity contribution in [2.75, 3.05) is 0 Å². The number of nitrogens with one attached hydrogen (secondary N) is 1. The van der Waals surface area contributed by atoms with Crippen LogP contribution in [0.5, 0.6) is 0 Å². The van der Waals surface area contributed by atoms with Gasteiger partial charge < -0.3 is 4.98 Å². The fraction of sp³-hybridized carbons (Fsp3) is 0.231. The van der Waals surface area contributed by atoms with Gasteiger partial charge in [-0.05, 0) is 12.0 Å². The van der Waals surface area contributed by atoms with Gasteiger partial charge in [0, 0.05) is 11.6 Å². The first-order valence-electron chi connectivity index (χ1n) is 5.68. The number of hydrogen-bond donors (Lipinski definition) is 1. The molecule has 0 atom stereocenters. The summed E-state index contributed by atoms with van der Waals surface area (Å²) >= 11 is 0. The van der Waals surface area contributed by atoms with Gasteiger partial charge in [0.05, 0.1) is 5.69 Å². The molecule has 19 heavy (non-hydrogen) atoms. The maximum absolute atomic E-state index is 12.5. The van der Waals surface area contributed by atoms with E-state index in [1.165, 1.54) is 0 Å². The van der Waals surface area contributed by atoms with Crippen LogP contribution in [0.15, 0.2) is 35.1 Å². The molecule has 1 aromatic heterocycles. The Hall–Kier alpha value is -2.11. The highest BCUT2D eigenvalue weighted by Gasteiger charge is 2.34. The first-order chi connectivity index (χ1) is 8.90. The molecule has 100 valence electrons. The molecule has 2 aromatic rings. The van der Waals surface area contributed by atoms with Gasteiger partial charge in [-0.1, -0.05) is 31.2 Å². The third-order valence-electron chi connectivity index (χ3n) is 2.67. The molecular formula is C13H11F3N2O. The molecule has 0 unspecified atom stereocenters. The average molecular weight is 268 g/mol. The molecule has 1 heterocycles. The summed E-state index contributed by atoms with van der Waals surface area (Å²) in [7, 11) is 0. The van der Waals surface area contributed by atoms with Gasteiger partial charge in [0.25, 0.3) is 5.56 Å². The third-order valence-corrected chi connectivity index (χ3v) is 2.67. The van der Waals surface area contributed by atoms with E-state index in [1.54, 1.807) is 29.2 Å². The maximum atomic E-state index is 12.5. The molecule has 0 bridgehead atoms. The monoisotopic (exact) mass is 268 g/mol. The first-order valence-corrected chi connectivity index (χ1v) is 5.68. The minimum absolute atomic E-state index is 0.0127. The molecule has 0 aliphatic heterocycles. The van der Waals surface area contributed by atoms with E-state index in [2.05, 4.69) is 4.98 Å². The normalized spacial score (nSPS) is 11.6. The van der Waals surface area contributed by atoms with Crippen molar-refractivity contribution in [2.45, 2.75) is 19.5 Å². The molecule has 0 spiro atoms. The lowest BCUT2D eigenvalue weighted by atomic mass is 10.1. The average Bonchev–Trinajstić information content (AvgIpc) is 2.37. The van der Waals surface area contributed by atoms with Crippen molar-refractivity contribution in [2.24, 2.45) is 0 Å². The van der Waals surface area contributed by atoms with E-state index >= 15 is 0 Å². The number of rotatable bonds is 2. The standard InChI is InChI=1S/C13H11F3N2O/c1-2-8-3-5-9(6-4-8)10-7-11(19)18-12(17-10)13(14,15)16/h3-7H,2H2,1H3,(H,17,18,19). The number of aromatic amines is 1. The van der Waals surface area contributed by atoms with Crippen LogP contribution < -0.4 is 5.56 Å². The van der Waals surface area contributed by atoms with Gasteiger partial charge in [-0.2, -0.15) is 13.2 Å². The summed E-state index contributed by atoms with van der Waals surface area (Å²) in [5, 5.41) is 0. The molecule has 0 radical (unpaired) electrons. The zero-order chi connectivity index (χ0) is 14.0. The van der Waals surface area contributed by atoms with Gasteiger partial charge in [-0.3, -0.25) is 4.79 Å². The summed E-state index contributed by atoms with van der Waals surface area (Å²) in [6, 6.07) is 7.95. The molecule has 1 aromatic carbocycles. The highest BCUT2D eigenvalue weighted by molar-refractivity contribution is 5.59. The number of aromatic nitrogens is 2. The topological polar surface area (TPSA) is 45.8 Å². The lowest BCUT2D eigenvalue weighted by Crippen LogP contribution is -2.18. The van der Waals surface area contributed by atoms with Crippen molar-refractivity contribution in [3.8, 4) is 11.3 Å². The van der Waals surface area contributed by atoms with Crippen molar-refractivity contribution < 1.29 is 13.2 Å². The van der Waals surface area contributed by atoms with E-state index in [0.717, 1.165) is 18.1 Å². The van der Waals surface area contributed by atoms with Gasteiger partial charge in [-0.15, -0.1) is 0 Å². The Labute approximate surface area is 107 Å². The summed E-state index contributed by atoms with van der Waals surface area (Å²) in [4.78, 5) is 16.4. The smallest absolute Gasteiger partial charge is 0.303 e. The van der Waals surface area contributed by atoms with Crippen LogP contribution in [-0.2, 0) is 12.6 Å². The first kappa shape index (κ1) is 13.3. The van der Waals surface area contributed by atoms with Gasteiger partial charge in [-0.25, -0.2) is 4.98 Å². The van der Waals surface area contributed by atoms with Crippen LogP contribution in [0.1, 0.15) is 18.3 Å². The lowest BCUT2D eigenvalue weighted by Gasteiger charge is -2.07. The molecule has 2 rings (SSSR count). The summed E-state index contributed by atoms with van der Waals surface area (Å²) in [6.45, 7) is 1.97. The van der Waals surface area contributed by atoms with Crippen molar-refractivity contribution in [3.05, 3.63) is 52.1 Å². The van der Waals surface area contributed by atoms with Gasteiger partial charge in [0.15, 0.2) is 0 Å². The largest absolute Gasteiger partial charge is 0.449 e. The number of hydrogen-bond acceptors (Lipinski definition) is 2. The summed E-state index contributed by atoms with van der Waals surface area (Å²) in [5.74, 6) is -1.28. The van der Waals surface area contributed by atoms with Crippen LogP contribution in [0.2, 0.25) is 0 Å². The highest BCUT2D eigenvalue weighted by Crippen LogP contribution is 2.26. The van der Waals surface area contributed by atoms with E-state index < -0.39 is 17.6 Å². The maximum Gasteiger partial charge on any atom is 0.449 e. The Balaban J connectivity index is 2.49. The molecule has 3 nitrogen and oxygen atoms in total. The number of nitrogens with zero attached hydrogens (tertiary/aromatic N) is 1.